The maximum atomic E-state index is 13.3. The number of benzene rings is 2. The lowest BCUT2D eigenvalue weighted by Crippen LogP contribution is -2.29. The fourth-order valence-corrected chi connectivity index (χ4v) is 4.07. The number of pyridine rings is 1. The predicted octanol–water partition coefficient (Wildman–Crippen LogP) is 3.49. The third kappa shape index (κ3) is 3.55. The van der Waals surface area contributed by atoms with Gasteiger partial charge < -0.3 is 19.3 Å². The van der Waals surface area contributed by atoms with E-state index in [0.29, 0.717) is 47.3 Å². The van der Waals surface area contributed by atoms with Crippen LogP contribution in [0.1, 0.15) is 17.2 Å². The Bertz CT molecular complexity index is 1270. The van der Waals surface area contributed by atoms with Gasteiger partial charge in [-0.15, -0.1) is 0 Å². The molecule has 1 amide bonds. The number of amides is 1. The number of methoxy groups -OCH3 is 1. The molecule has 2 aliphatic heterocycles. The summed E-state index contributed by atoms with van der Waals surface area (Å²) in [6, 6.07) is 14.4. The van der Waals surface area contributed by atoms with Crippen molar-refractivity contribution in [2.45, 2.75) is 6.04 Å². The Kier molecular flexibility index (Phi) is 5.18. The molecular formula is C25H20N2O6. The van der Waals surface area contributed by atoms with Crippen LogP contribution in [0.2, 0.25) is 0 Å². The summed E-state index contributed by atoms with van der Waals surface area (Å²) in [5, 5.41) is 11.1. The highest BCUT2D eigenvalue weighted by molar-refractivity contribution is 6.51. The molecule has 1 aromatic heterocycles. The van der Waals surface area contributed by atoms with Crippen LogP contribution in [0.4, 0.5) is 5.69 Å². The number of fused-ring (bicyclic) bond motifs is 1. The average Bonchev–Trinajstić information content (AvgIpc) is 3.14. The number of carbonyl (C=O) groups excluding carboxylic acids is 2. The first-order chi connectivity index (χ1) is 16.1. The van der Waals surface area contributed by atoms with Gasteiger partial charge in [0.25, 0.3) is 11.7 Å². The van der Waals surface area contributed by atoms with E-state index >= 15 is 0 Å². The number of aromatic nitrogens is 1. The van der Waals surface area contributed by atoms with Gasteiger partial charge >= 0.3 is 0 Å². The predicted molar refractivity (Wildman–Crippen MR) is 119 cm³/mol. The molecule has 0 aliphatic carbocycles. The van der Waals surface area contributed by atoms with Gasteiger partial charge in [0, 0.05) is 29.7 Å². The summed E-state index contributed by atoms with van der Waals surface area (Å²) < 4.78 is 16.6. The number of carbonyl (C=O) groups is 2. The lowest BCUT2D eigenvalue weighted by molar-refractivity contribution is -0.132. The molecule has 33 heavy (non-hydrogen) atoms. The van der Waals surface area contributed by atoms with Crippen molar-refractivity contribution in [2.75, 3.05) is 25.2 Å². The summed E-state index contributed by atoms with van der Waals surface area (Å²) in [5.74, 6) is -0.203. The molecule has 1 atom stereocenters. The second-order valence-corrected chi connectivity index (χ2v) is 7.51. The Morgan fingerprint density at radius 2 is 1.79 bits per heavy atom. The lowest BCUT2D eigenvalue weighted by atomic mass is 9.95. The monoisotopic (exact) mass is 444 g/mol. The van der Waals surface area contributed by atoms with Crippen LogP contribution in [0.25, 0.3) is 5.76 Å². The molecular weight excluding hydrogens is 424 g/mol. The molecule has 1 N–H and O–H groups in total. The van der Waals surface area contributed by atoms with Crippen LogP contribution in [-0.2, 0) is 9.59 Å². The molecule has 3 aromatic rings. The Morgan fingerprint density at radius 3 is 2.55 bits per heavy atom. The van der Waals surface area contributed by atoms with E-state index in [1.54, 1.807) is 54.6 Å². The topological polar surface area (TPSA) is 98.2 Å². The van der Waals surface area contributed by atoms with Gasteiger partial charge in [0.1, 0.15) is 24.7 Å². The number of rotatable bonds is 4. The number of ketones is 1. The standard InChI is InChI=1S/C25H20N2O6/c1-31-18-4-2-3-16(13-18)22-21(23(28)15-7-9-26-10-8-15)24(29)25(30)27(22)17-5-6-19-20(14-17)33-12-11-32-19/h2-10,13-14,22,28H,11-12H2,1H3/b23-21+. The first-order valence-corrected chi connectivity index (χ1v) is 10.3. The number of hydrogen-bond acceptors (Lipinski definition) is 7. The van der Waals surface area contributed by atoms with E-state index in [1.165, 1.54) is 24.4 Å². The van der Waals surface area contributed by atoms with Gasteiger partial charge in [-0.1, -0.05) is 12.1 Å². The number of nitrogens with zero attached hydrogens (tertiary/aromatic N) is 2. The third-order valence-electron chi connectivity index (χ3n) is 5.61. The molecule has 1 saturated heterocycles. The van der Waals surface area contributed by atoms with E-state index < -0.39 is 17.7 Å². The maximum Gasteiger partial charge on any atom is 0.300 e. The Hall–Kier alpha value is -4.33. The van der Waals surface area contributed by atoms with Crippen molar-refractivity contribution < 1.29 is 28.9 Å². The van der Waals surface area contributed by atoms with Crippen LogP contribution in [0.5, 0.6) is 17.2 Å². The van der Waals surface area contributed by atoms with Crippen molar-refractivity contribution in [3.63, 3.8) is 0 Å². The summed E-state index contributed by atoms with van der Waals surface area (Å²) in [5.41, 5.74) is 1.43. The van der Waals surface area contributed by atoms with Crippen molar-refractivity contribution in [1.29, 1.82) is 0 Å². The zero-order valence-electron chi connectivity index (χ0n) is 17.7. The Labute approximate surface area is 189 Å². The molecule has 2 aliphatic rings. The minimum atomic E-state index is -0.879. The minimum Gasteiger partial charge on any atom is -0.507 e. The molecule has 3 heterocycles. The SMILES string of the molecule is COc1cccc(C2/C(=C(\O)c3ccncc3)C(=O)C(=O)N2c2ccc3c(c2)OCCO3)c1. The molecule has 1 unspecified atom stereocenters. The summed E-state index contributed by atoms with van der Waals surface area (Å²) in [4.78, 5) is 31.8. The van der Waals surface area contributed by atoms with Crippen LogP contribution < -0.4 is 19.1 Å². The molecule has 0 spiro atoms. The van der Waals surface area contributed by atoms with Crippen LogP contribution in [0.15, 0.2) is 72.6 Å². The Morgan fingerprint density at radius 1 is 1.03 bits per heavy atom. The second kappa shape index (κ2) is 8.31. The van der Waals surface area contributed by atoms with Crippen LogP contribution in [-0.4, -0.2) is 42.1 Å². The molecule has 0 bridgehead atoms. The number of aliphatic hydroxyl groups excluding tert-OH is 1. The van der Waals surface area contributed by atoms with Gasteiger partial charge in [0.05, 0.1) is 18.7 Å². The van der Waals surface area contributed by atoms with Crippen molar-refractivity contribution in [1.82, 2.24) is 4.98 Å². The number of hydrogen-bond donors (Lipinski definition) is 1. The van der Waals surface area contributed by atoms with E-state index in [9.17, 15) is 14.7 Å². The maximum absolute atomic E-state index is 13.3. The van der Waals surface area contributed by atoms with Gasteiger partial charge in [-0.25, -0.2) is 0 Å². The zero-order valence-corrected chi connectivity index (χ0v) is 17.7. The highest BCUT2D eigenvalue weighted by Gasteiger charge is 2.47. The van der Waals surface area contributed by atoms with Gasteiger partial charge in [0.2, 0.25) is 0 Å². The quantitative estimate of drug-likeness (QED) is 0.374. The van der Waals surface area contributed by atoms with Gasteiger partial charge in [-0.05, 0) is 42.0 Å². The van der Waals surface area contributed by atoms with Gasteiger partial charge in [0.15, 0.2) is 11.5 Å². The van der Waals surface area contributed by atoms with Gasteiger partial charge in [-0.3, -0.25) is 19.5 Å². The number of ether oxygens (including phenoxy) is 3. The number of Topliss-reactive ketones (excluding diaryl/α,β-unsaturated/α-hetero) is 1. The van der Waals surface area contributed by atoms with Crippen LogP contribution in [0, 0.1) is 0 Å². The average molecular weight is 444 g/mol. The number of anilines is 1. The van der Waals surface area contributed by atoms with Crippen molar-refractivity contribution in [3.8, 4) is 17.2 Å². The highest BCUT2D eigenvalue weighted by atomic mass is 16.6. The van der Waals surface area contributed by atoms with Gasteiger partial charge in [-0.2, -0.15) is 0 Å². The smallest absolute Gasteiger partial charge is 0.300 e. The van der Waals surface area contributed by atoms with Crippen molar-refractivity contribution in [2.24, 2.45) is 0 Å². The molecule has 0 radical (unpaired) electrons. The summed E-state index contributed by atoms with van der Waals surface area (Å²) >= 11 is 0. The van der Waals surface area contributed by atoms with E-state index in [2.05, 4.69) is 4.98 Å². The highest BCUT2D eigenvalue weighted by Crippen LogP contribution is 2.44. The lowest BCUT2D eigenvalue weighted by Gasteiger charge is -2.27. The largest absolute Gasteiger partial charge is 0.507 e. The fourth-order valence-electron chi connectivity index (χ4n) is 4.07. The Balaban J connectivity index is 1.71. The van der Waals surface area contributed by atoms with E-state index in [1.807, 2.05) is 0 Å². The molecule has 166 valence electrons. The molecule has 8 nitrogen and oxygen atoms in total. The molecule has 5 rings (SSSR count). The van der Waals surface area contributed by atoms with E-state index in [0.717, 1.165) is 0 Å². The number of aliphatic hydroxyl groups is 1. The van der Waals surface area contributed by atoms with Crippen LogP contribution in [0.3, 0.4) is 0 Å². The fraction of sp³-hybridized carbons (Fsp3) is 0.160. The van der Waals surface area contributed by atoms with Crippen molar-refractivity contribution >= 4 is 23.1 Å². The third-order valence-corrected chi connectivity index (χ3v) is 5.61. The second-order valence-electron chi connectivity index (χ2n) is 7.51. The first kappa shape index (κ1) is 20.6. The van der Waals surface area contributed by atoms with E-state index in [-0.39, 0.29) is 11.3 Å². The normalized spacial score (nSPS) is 18.9. The molecule has 8 heteroatoms. The van der Waals surface area contributed by atoms with E-state index in [4.69, 9.17) is 14.2 Å². The summed E-state index contributed by atoms with van der Waals surface area (Å²) in [6.45, 7) is 0.823. The summed E-state index contributed by atoms with van der Waals surface area (Å²) in [6.07, 6.45) is 3.01. The first-order valence-electron chi connectivity index (χ1n) is 10.3. The molecule has 0 saturated carbocycles. The summed E-state index contributed by atoms with van der Waals surface area (Å²) in [7, 11) is 1.54. The van der Waals surface area contributed by atoms with Crippen molar-refractivity contribution in [3.05, 3.63) is 83.7 Å². The zero-order chi connectivity index (χ0) is 22.9. The molecule has 2 aromatic carbocycles. The minimum absolute atomic E-state index is 0.0191. The molecule has 1 fully saturated rings. The van der Waals surface area contributed by atoms with Crippen LogP contribution >= 0.6 is 0 Å².